The lowest BCUT2D eigenvalue weighted by atomic mass is 10.2. The minimum absolute atomic E-state index is 0.343. The van der Waals surface area contributed by atoms with Crippen molar-refractivity contribution in [2.75, 3.05) is 12.4 Å². The van der Waals surface area contributed by atoms with E-state index in [9.17, 15) is 4.79 Å². The summed E-state index contributed by atoms with van der Waals surface area (Å²) in [6.07, 6.45) is 2.18. The Morgan fingerprint density at radius 3 is 2.88 bits per heavy atom. The summed E-state index contributed by atoms with van der Waals surface area (Å²) in [6.45, 7) is 0. The van der Waals surface area contributed by atoms with Gasteiger partial charge in [0.05, 0.1) is 19.0 Å². The van der Waals surface area contributed by atoms with E-state index in [0.29, 0.717) is 23.7 Å². The molecule has 0 aliphatic heterocycles. The van der Waals surface area contributed by atoms with Crippen molar-refractivity contribution in [2.24, 2.45) is 7.05 Å². The van der Waals surface area contributed by atoms with Crippen LogP contribution in [0.3, 0.4) is 0 Å². The Labute approximate surface area is 97.4 Å². The molecular formula is C10H11N5O2. The van der Waals surface area contributed by atoms with E-state index < -0.39 is 0 Å². The van der Waals surface area contributed by atoms with E-state index in [1.165, 1.54) is 7.11 Å². The molecule has 0 aromatic carbocycles. The lowest BCUT2D eigenvalue weighted by molar-refractivity contribution is -0.105. The van der Waals surface area contributed by atoms with Gasteiger partial charge in [-0.15, -0.1) is 5.10 Å². The lowest BCUT2D eigenvalue weighted by Gasteiger charge is -2.07. The maximum Gasteiger partial charge on any atom is 0.238 e. The van der Waals surface area contributed by atoms with Gasteiger partial charge in [-0.2, -0.15) is 0 Å². The predicted molar refractivity (Wildman–Crippen MR) is 60.5 cm³/mol. The molecule has 7 heteroatoms. The van der Waals surface area contributed by atoms with E-state index in [-0.39, 0.29) is 0 Å². The smallest absolute Gasteiger partial charge is 0.238 e. The zero-order valence-electron chi connectivity index (χ0n) is 9.41. The number of carbonyl (C=O) groups is 1. The number of aromatic nitrogens is 4. The predicted octanol–water partition coefficient (Wildman–Crippen LogP) is 0.454. The van der Waals surface area contributed by atoms with Crippen LogP contribution in [0.2, 0.25) is 0 Å². The van der Waals surface area contributed by atoms with Crippen LogP contribution in [0.4, 0.5) is 5.69 Å². The molecule has 0 aliphatic rings. The minimum atomic E-state index is 0.343. The van der Waals surface area contributed by atoms with Crippen LogP contribution in [0.15, 0.2) is 18.3 Å². The fraction of sp³-hybridized carbons (Fsp3) is 0.200. The van der Waals surface area contributed by atoms with Crippen molar-refractivity contribution in [3.63, 3.8) is 0 Å². The largest absolute Gasteiger partial charge is 0.479 e. The van der Waals surface area contributed by atoms with Crippen molar-refractivity contribution < 1.29 is 9.53 Å². The number of ether oxygens (including phenoxy) is 1. The summed E-state index contributed by atoms with van der Waals surface area (Å²) >= 11 is 0. The van der Waals surface area contributed by atoms with Crippen molar-refractivity contribution in [1.82, 2.24) is 20.0 Å². The summed E-state index contributed by atoms with van der Waals surface area (Å²) in [4.78, 5) is 14.7. The van der Waals surface area contributed by atoms with Gasteiger partial charge in [-0.3, -0.25) is 4.79 Å². The molecule has 7 nitrogen and oxygen atoms in total. The Hall–Kier alpha value is -2.44. The maximum atomic E-state index is 10.4. The van der Waals surface area contributed by atoms with E-state index in [1.807, 2.05) is 0 Å². The molecule has 2 aromatic heterocycles. The average molecular weight is 233 g/mol. The minimum Gasteiger partial charge on any atom is -0.479 e. The van der Waals surface area contributed by atoms with Crippen LogP contribution in [0.1, 0.15) is 0 Å². The van der Waals surface area contributed by atoms with Gasteiger partial charge in [0.2, 0.25) is 12.3 Å². The van der Waals surface area contributed by atoms with E-state index in [1.54, 1.807) is 30.1 Å². The zero-order valence-corrected chi connectivity index (χ0v) is 9.41. The molecule has 2 aromatic rings. The second-order valence-corrected chi connectivity index (χ2v) is 3.26. The van der Waals surface area contributed by atoms with E-state index in [0.717, 1.165) is 5.69 Å². The Kier molecular flexibility index (Phi) is 2.99. The number of nitrogens with one attached hydrogen (secondary N) is 1. The third kappa shape index (κ3) is 2.07. The number of pyridine rings is 1. The molecule has 88 valence electrons. The van der Waals surface area contributed by atoms with Gasteiger partial charge in [0.1, 0.15) is 11.4 Å². The normalized spacial score (nSPS) is 10.0. The summed E-state index contributed by atoms with van der Waals surface area (Å²) in [7, 11) is 3.26. The number of amides is 1. The van der Waals surface area contributed by atoms with Crippen LogP contribution < -0.4 is 10.1 Å². The average Bonchev–Trinajstić information content (AvgIpc) is 2.76. The van der Waals surface area contributed by atoms with Gasteiger partial charge in [-0.05, 0) is 12.1 Å². The molecule has 0 atom stereocenters. The summed E-state index contributed by atoms with van der Waals surface area (Å²) < 4.78 is 6.70. The highest BCUT2D eigenvalue weighted by Gasteiger charge is 2.10. The molecule has 0 saturated carbocycles. The zero-order chi connectivity index (χ0) is 12.3. The monoisotopic (exact) mass is 233 g/mol. The summed E-state index contributed by atoms with van der Waals surface area (Å²) in [6, 6.07) is 3.47. The standard InChI is InChI=1S/C10H11N5O2/c1-15-9(5-12-14-15)7-3-4-8(11-6-16)10(13-7)17-2/h3-6H,1-2H3,(H,11,16). The molecule has 0 aliphatic carbocycles. The summed E-state index contributed by atoms with van der Waals surface area (Å²) in [5.41, 5.74) is 1.95. The Balaban J connectivity index is 2.44. The molecule has 1 N–H and O–H groups in total. The fourth-order valence-electron chi connectivity index (χ4n) is 1.43. The number of hydrogen-bond donors (Lipinski definition) is 1. The van der Waals surface area contributed by atoms with Gasteiger partial charge in [-0.1, -0.05) is 5.21 Å². The molecule has 2 heterocycles. The van der Waals surface area contributed by atoms with Gasteiger partial charge in [0, 0.05) is 7.05 Å². The van der Waals surface area contributed by atoms with E-state index in [2.05, 4.69) is 20.6 Å². The number of methoxy groups -OCH3 is 1. The topological polar surface area (TPSA) is 81.9 Å². The van der Waals surface area contributed by atoms with Crippen LogP contribution in [0.25, 0.3) is 11.4 Å². The van der Waals surface area contributed by atoms with Gasteiger partial charge >= 0.3 is 0 Å². The van der Waals surface area contributed by atoms with Gasteiger partial charge in [0.25, 0.3) is 0 Å². The molecule has 0 radical (unpaired) electrons. The molecule has 17 heavy (non-hydrogen) atoms. The van der Waals surface area contributed by atoms with Crippen LogP contribution in [-0.4, -0.2) is 33.5 Å². The number of nitrogens with zero attached hydrogens (tertiary/aromatic N) is 4. The lowest BCUT2D eigenvalue weighted by Crippen LogP contribution is -2.01. The molecule has 0 saturated heterocycles. The molecule has 0 unspecified atom stereocenters. The SMILES string of the molecule is COc1nc(-c2cnnn2C)ccc1NC=O. The highest BCUT2D eigenvalue weighted by atomic mass is 16.5. The number of anilines is 1. The van der Waals surface area contributed by atoms with E-state index in [4.69, 9.17) is 4.74 Å². The first-order valence-corrected chi connectivity index (χ1v) is 4.86. The molecule has 1 amide bonds. The van der Waals surface area contributed by atoms with Crippen molar-refractivity contribution in [3.05, 3.63) is 18.3 Å². The Morgan fingerprint density at radius 1 is 1.47 bits per heavy atom. The third-order valence-electron chi connectivity index (χ3n) is 2.24. The number of hydrogen-bond acceptors (Lipinski definition) is 5. The van der Waals surface area contributed by atoms with Gasteiger partial charge in [0.15, 0.2) is 0 Å². The first kappa shape index (κ1) is 11.1. The van der Waals surface area contributed by atoms with Crippen LogP contribution in [-0.2, 0) is 11.8 Å². The Bertz CT molecular complexity index is 537. The number of carbonyl (C=O) groups excluding carboxylic acids is 1. The first-order valence-electron chi connectivity index (χ1n) is 4.86. The first-order chi connectivity index (χ1) is 8.26. The number of rotatable bonds is 4. The number of aryl methyl sites for hydroxylation is 1. The summed E-state index contributed by atoms with van der Waals surface area (Å²) in [5.74, 6) is 0.343. The van der Waals surface area contributed by atoms with Gasteiger partial charge < -0.3 is 10.1 Å². The van der Waals surface area contributed by atoms with Gasteiger partial charge in [-0.25, -0.2) is 9.67 Å². The summed E-state index contributed by atoms with van der Waals surface area (Å²) in [5, 5.41) is 10.1. The molecule has 2 rings (SSSR count). The highest BCUT2D eigenvalue weighted by Crippen LogP contribution is 2.25. The van der Waals surface area contributed by atoms with Crippen molar-refractivity contribution >= 4 is 12.1 Å². The molecular weight excluding hydrogens is 222 g/mol. The van der Waals surface area contributed by atoms with E-state index >= 15 is 0 Å². The van der Waals surface area contributed by atoms with Crippen molar-refractivity contribution in [3.8, 4) is 17.3 Å². The fourth-order valence-corrected chi connectivity index (χ4v) is 1.43. The maximum absolute atomic E-state index is 10.4. The molecule has 0 fully saturated rings. The Morgan fingerprint density at radius 2 is 2.29 bits per heavy atom. The van der Waals surface area contributed by atoms with Crippen LogP contribution >= 0.6 is 0 Å². The molecule has 0 bridgehead atoms. The van der Waals surface area contributed by atoms with Crippen LogP contribution in [0, 0.1) is 0 Å². The second-order valence-electron chi connectivity index (χ2n) is 3.26. The second kappa shape index (κ2) is 4.60. The quantitative estimate of drug-likeness (QED) is 0.775. The van der Waals surface area contributed by atoms with Crippen molar-refractivity contribution in [1.29, 1.82) is 0 Å². The van der Waals surface area contributed by atoms with Crippen molar-refractivity contribution in [2.45, 2.75) is 0 Å². The van der Waals surface area contributed by atoms with Crippen LogP contribution in [0.5, 0.6) is 5.88 Å². The molecule has 0 spiro atoms. The highest BCUT2D eigenvalue weighted by molar-refractivity contribution is 5.75. The third-order valence-corrected chi connectivity index (χ3v) is 2.24.